The zero-order chi connectivity index (χ0) is 18.4. The Bertz CT molecular complexity index is 795. The van der Waals surface area contributed by atoms with E-state index in [0.717, 1.165) is 19.3 Å². The van der Waals surface area contributed by atoms with Gasteiger partial charge >= 0.3 is 0 Å². The molecule has 3 rings (SSSR count). The Kier molecular flexibility index (Phi) is 4.33. The number of fused-ring (bicyclic) bond motifs is 1. The summed E-state index contributed by atoms with van der Waals surface area (Å²) >= 11 is 0. The van der Waals surface area contributed by atoms with E-state index in [1.165, 1.54) is 0 Å². The van der Waals surface area contributed by atoms with Crippen molar-refractivity contribution in [2.24, 2.45) is 0 Å². The number of aromatic nitrogens is 3. The number of nitrogens with one attached hydrogen (secondary N) is 1. The van der Waals surface area contributed by atoms with Crippen LogP contribution < -0.4 is 5.32 Å². The van der Waals surface area contributed by atoms with Crippen LogP contribution in [0.1, 0.15) is 65.1 Å². The molecule has 136 valence electrons. The molecule has 0 saturated heterocycles. The maximum Gasteiger partial charge on any atom is 0.229 e. The molecule has 1 fully saturated rings. The second kappa shape index (κ2) is 6.07. The maximum atomic E-state index is 12.2. The smallest absolute Gasteiger partial charge is 0.229 e. The number of nitrogens with zero attached hydrogens (tertiary/aromatic N) is 3. The molecule has 0 spiro atoms. The van der Waals surface area contributed by atoms with Crippen LogP contribution in [0.3, 0.4) is 0 Å². The highest BCUT2D eigenvalue weighted by Gasteiger charge is 2.28. The van der Waals surface area contributed by atoms with Crippen molar-refractivity contribution in [1.82, 2.24) is 14.5 Å². The molecule has 2 aromatic heterocycles. The van der Waals surface area contributed by atoms with E-state index in [1.54, 1.807) is 33.8 Å². The molecule has 0 aromatic carbocycles. The first-order chi connectivity index (χ1) is 11.5. The molecule has 0 aliphatic heterocycles. The van der Waals surface area contributed by atoms with Gasteiger partial charge in [0.15, 0.2) is 5.65 Å². The van der Waals surface area contributed by atoms with Crippen molar-refractivity contribution in [1.29, 1.82) is 0 Å². The highest BCUT2D eigenvalue weighted by molar-refractivity contribution is 5.91. The van der Waals surface area contributed by atoms with Crippen molar-refractivity contribution < 1.29 is 15.0 Å². The number of amides is 1. The summed E-state index contributed by atoms with van der Waals surface area (Å²) in [7, 11) is 0. The maximum absolute atomic E-state index is 12.2. The fraction of sp³-hybridized carbons (Fsp3) is 0.611. The Morgan fingerprint density at radius 3 is 2.44 bits per heavy atom. The van der Waals surface area contributed by atoms with E-state index in [1.807, 2.05) is 10.6 Å². The third-order valence-corrected chi connectivity index (χ3v) is 4.45. The minimum absolute atomic E-state index is 0.0107. The average molecular weight is 346 g/mol. The monoisotopic (exact) mass is 346 g/mol. The van der Waals surface area contributed by atoms with E-state index in [0.29, 0.717) is 22.8 Å². The Hall–Kier alpha value is -1.99. The van der Waals surface area contributed by atoms with Crippen molar-refractivity contribution in [3.8, 4) is 0 Å². The summed E-state index contributed by atoms with van der Waals surface area (Å²) < 4.78 is 1.95. The lowest BCUT2D eigenvalue weighted by Crippen LogP contribution is -2.29. The quantitative estimate of drug-likeness (QED) is 0.772. The molecular formula is C18H26N4O3. The highest BCUT2D eigenvalue weighted by atomic mass is 16.3. The minimum atomic E-state index is -1.08. The lowest BCUT2D eigenvalue weighted by Gasteiger charge is -2.29. The zero-order valence-corrected chi connectivity index (χ0v) is 15.2. The van der Waals surface area contributed by atoms with Crippen LogP contribution in [0.15, 0.2) is 12.1 Å². The molecule has 1 aliphatic carbocycles. The van der Waals surface area contributed by atoms with E-state index >= 15 is 0 Å². The zero-order valence-electron chi connectivity index (χ0n) is 15.2. The molecule has 0 unspecified atom stereocenters. The van der Waals surface area contributed by atoms with Crippen molar-refractivity contribution in [3.05, 3.63) is 17.8 Å². The summed E-state index contributed by atoms with van der Waals surface area (Å²) in [6.07, 6.45) is 3.14. The second-order valence-electron chi connectivity index (χ2n) is 8.03. The predicted molar refractivity (Wildman–Crippen MR) is 95.2 cm³/mol. The number of hydrogen-bond acceptors (Lipinski definition) is 5. The fourth-order valence-corrected chi connectivity index (χ4v) is 2.96. The topological polar surface area (TPSA) is 100 Å². The molecule has 1 amide bonds. The van der Waals surface area contributed by atoms with Crippen LogP contribution in [0.25, 0.3) is 11.2 Å². The van der Waals surface area contributed by atoms with E-state index in [4.69, 9.17) is 0 Å². The van der Waals surface area contributed by atoms with Gasteiger partial charge in [-0.25, -0.2) is 9.97 Å². The average Bonchev–Trinajstić information content (AvgIpc) is 2.71. The molecule has 2 heterocycles. The number of carbonyl (C=O) groups excluding carboxylic acids is 1. The van der Waals surface area contributed by atoms with Crippen LogP contribution in [0.4, 0.5) is 5.95 Å². The van der Waals surface area contributed by atoms with Gasteiger partial charge in [-0.1, -0.05) is 0 Å². The molecule has 1 saturated carbocycles. The van der Waals surface area contributed by atoms with Crippen molar-refractivity contribution in [2.45, 2.75) is 70.6 Å². The first-order valence-electron chi connectivity index (χ1n) is 8.69. The van der Waals surface area contributed by atoms with Crippen LogP contribution in [-0.2, 0) is 10.4 Å². The summed E-state index contributed by atoms with van der Waals surface area (Å²) in [5, 5.41) is 22.9. The van der Waals surface area contributed by atoms with Gasteiger partial charge in [-0.2, -0.15) is 0 Å². The third kappa shape index (κ3) is 3.82. The lowest BCUT2D eigenvalue weighted by atomic mass is 9.93. The molecule has 25 heavy (non-hydrogen) atoms. The summed E-state index contributed by atoms with van der Waals surface area (Å²) in [6, 6.07) is 3.81. The van der Waals surface area contributed by atoms with Gasteiger partial charge in [-0.3, -0.25) is 14.7 Å². The van der Waals surface area contributed by atoms with Gasteiger partial charge in [0, 0.05) is 6.04 Å². The van der Waals surface area contributed by atoms with Crippen LogP contribution >= 0.6 is 0 Å². The molecule has 1 aliphatic rings. The number of aliphatic hydroxyl groups is 2. The molecule has 0 bridgehead atoms. The highest BCUT2D eigenvalue weighted by Crippen LogP contribution is 2.37. The Balaban J connectivity index is 2.01. The summed E-state index contributed by atoms with van der Waals surface area (Å²) in [6.45, 7) is 6.58. The molecule has 3 N–H and O–H groups in total. The van der Waals surface area contributed by atoms with Crippen LogP contribution in [0.2, 0.25) is 0 Å². The van der Waals surface area contributed by atoms with Gasteiger partial charge in [0.1, 0.15) is 11.1 Å². The molecule has 2 aromatic rings. The van der Waals surface area contributed by atoms with Gasteiger partial charge in [0.25, 0.3) is 0 Å². The first kappa shape index (κ1) is 17.8. The van der Waals surface area contributed by atoms with E-state index in [9.17, 15) is 15.0 Å². The lowest BCUT2D eigenvalue weighted by molar-refractivity contribution is -0.119. The standard InChI is InChI=1S/C18H26N4O3/c1-17(2,24)10-14(23)21-16-19-12-8-9-13(18(3,4)25)20-15(12)22(16)11-6-5-7-11/h8-9,11,24-25H,5-7,10H2,1-4H3,(H,19,21,23). The number of carbonyl (C=O) groups is 1. The Labute approximate surface area is 147 Å². The number of hydrogen-bond donors (Lipinski definition) is 3. The first-order valence-corrected chi connectivity index (χ1v) is 8.69. The van der Waals surface area contributed by atoms with Crippen molar-refractivity contribution in [2.75, 3.05) is 5.32 Å². The number of pyridine rings is 1. The van der Waals surface area contributed by atoms with Gasteiger partial charge in [0.05, 0.1) is 17.7 Å². The SMILES string of the molecule is CC(C)(O)CC(=O)Nc1nc2ccc(C(C)(C)O)nc2n1C1CCC1. The Morgan fingerprint density at radius 1 is 1.24 bits per heavy atom. The number of anilines is 1. The van der Waals surface area contributed by atoms with Crippen LogP contribution in [0.5, 0.6) is 0 Å². The largest absolute Gasteiger partial charge is 0.390 e. The van der Waals surface area contributed by atoms with E-state index < -0.39 is 11.2 Å². The third-order valence-electron chi connectivity index (χ3n) is 4.45. The van der Waals surface area contributed by atoms with Crippen LogP contribution in [-0.4, -0.2) is 36.3 Å². The summed E-state index contributed by atoms with van der Waals surface area (Å²) in [5.74, 6) is 0.167. The Morgan fingerprint density at radius 2 is 1.92 bits per heavy atom. The molecule has 7 nitrogen and oxygen atoms in total. The minimum Gasteiger partial charge on any atom is -0.390 e. The van der Waals surface area contributed by atoms with Gasteiger partial charge in [0.2, 0.25) is 11.9 Å². The van der Waals surface area contributed by atoms with Gasteiger partial charge < -0.3 is 10.2 Å². The summed E-state index contributed by atoms with van der Waals surface area (Å²) in [4.78, 5) is 21.3. The summed E-state index contributed by atoms with van der Waals surface area (Å²) in [5.41, 5.74) is -0.215. The van der Waals surface area contributed by atoms with Crippen LogP contribution in [0, 0.1) is 0 Å². The van der Waals surface area contributed by atoms with E-state index in [-0.39, 0.29) is 18.4 Å². The molecule has 0 atom stereocenters. The molecule has 0 radical (unpaired) electrons. The van der Waals surface area contributed by atoms with Crippen molar-refractivity contribution >= 4 is 23.0 Å². The molecular weight excluding hydrogens is 320 g/mol. The van der Waals surface area contributed by atoms with Gasteiger partial charge in [-0.05, 0) is 59.1 Å². The second-order valence-corrected chi connectivity index (χ2v) is 8.03. The normalized spacial score (nSPS) is 16.1. The number of imidazole rings is 1. The molecule has 7 heteroatoms. The fourth-order valence-electron chi connectivity index (χ4n) is 2.96. The predicted octanol–water partition coefficient (Wildman–Crippen LogP) is 2.48. The van der Waals surface area contributed by atoms with Gasteiger partial charge in [-0.15, -0.1) is 0 Å². The van der Waals surface area contributed by atoms with E-state index in [2.05, 4.69) is 15.3 Å². The van der Waals surface area contributed by atoms with Crippen molar-refractivity contribution in [3.63, 3.8) is 0 Å². The number of rotatable bonds is 5.